The van der Waals surface area contributed by atoms with Crippen molar-refractivity contribution in [1.82, 2.24) is 4.57 Å². The number of aryl methyl sites for hydroxylation is 1. The summed E-state index contributed by atoms with van der Waals surface area (Å²) >= 11 is 0. The Hall–Kier alpha value is -1.33. The van der Waals surface area contributed by atoms with Gasteiger partial charge in [-0.3, -0.25) is 0 Å². The predicted octanol–water partition coefficient (Wildman–Crippen LogP) is 1.91. The molecule has 0 saturated heterocycles. The largest absolute Gasteiger partial charge is 0.348 e. The Balaban J connectivity index is 2.88. The van der Waals surface area contributed by atoms with E-state index in [1.807, 2.05) is 31.5 Å². The van der Waals surface area contributed by atoms with Gasteiger partial charge in [-0.25, -0.2) is 8.42 Å². The molecule has 1 heterocycles. The van der Waals surface area contributed by atoms with Crippen molar-refractivity contribution < 1.29 is 8.42 Å². The van der Waals surface area contributed by atoms with Crippen molar-refractivity contribution in [2.75, 3.05) is 6.26 Å². The first-order valence-corrected chi connectivity index (χ1v) is 7.67. The first-order chi connectivity index (χ1) is 8.23. The minimum absolute atomic E-state index is 0.122. The average molecular weight is 266 g/mol. The molecule has 2 aromatic rings. The summed E-state index contributed by atoms with van der Waals surface area (Å²) in [6.07, 6.45) is 1.22. The van der Waals surface area contributed by atoms with Crippen molar-refractivity contribution in [2.45, 2.75) is 24.8 Å². The number of benzene rings is 1. The average Bonchev–Trinajstić information content (AvgIpc) is 2.50. The monoisotopic (exact) mass is 266 g/mol. The molecule has 5 heteroatoms. The van der Waals surface area contributed by atoms with E-state index in [1.165, 1.54) is 6.26 Å². The summed E-state index contributed by atoms with van der Waals surface area (Å²) in [5.74, 6) is 0. The molecule has 0 bridgehead atoms. The highest BCUT2D eigenvalue weighted by Crippen LogP contribution is 2.30. The first-order valence-electron chi connectivity index (χ1n) is 5.78. The van der Waals surface area contributed by atoms with Gasteiger partial charge in [0.25, 0.3) is 0 Å². The molecule has 98 valence electrons. The lowest BCUT2D eigenvalue weighted by atomic mass is 10.1. The summed E-state index contributed by atoms with van der Waals surface area (Å²) in [6.45, 7) is 3.91. The molecular weight excluding hydrogens is 248 g/mol. The molecule has 0 saturated carbocycles. The number of fused-ring (bicyclic) bond motifs is 1. The van der Waals surface area contributed by atoms with Gasteiger partial charge >= 0.3 is 0 Å². The van der Waals surface area contributed by atoms with E-state index in [-0.39, 0.29) is 6.04 Å². The van der Waals surface area contributed by atoms with Gasteiger partial charge < -0.3 is 10.3 Å². The van der Waals surface area contributed by atoms with Gasteiger partial charge in [-0.15, -0.1) is 0 Å². The number of hydrogen-bond acceptors (Lipinski definition) is 3. The second kappa shape index (κ2) is 4.10. The molecular formula is C13H18N2O2S. The first kappa shape index (κ1) is 13.1. The fraction of sp³-hybridized carbons (Fsp3) is 0.385. The number of nitrogens with two attached hydrogens (primary N) is 1. The maximum atomic E-state index is 11.6. The lowest BCUT2D eigenvalue weighted by molar-refractivity contribution is 0.602. The smallest absolute Gasteiger partial charge is 0.175 e. The predicted molar refractivity (Wildman–Crippen MR) is 73.4 cm³/mol. The van der Waals surface area contributed by atoms with E-state index >= 15 is 0 Å². The highest BCUT2D eigenvalue weighted by Gasteiger charge is 2.17. The van der Waals surface area contributed by atoms with Crippen LogP contribution in [0.1, 0.15) is 24.2 Å². The normalized spacial score (nSPS) is 14.1. The van der Waals surface area contributed by atoms with E-state index in [9.17, 15) is 8.42 Å². The van der Waals surface area contributed by atoms with Crippen molar-refractivity contribution >= 4 is 20.7 Å². The van der Waals surface area contributed by atoms with Crippen LogP contribution < -0.4 is 5.73 Å². The third-order valence-electron chi connectivity index (χ3n) is 3.40. The van der Waals surface area contributed by atoms with Crippen LogP contribution in [0.4, 0.5) is 0 Å². The molecule has 1 aromatic heterocycles. The van der Waals surface area contributed by atoms with E-state index < -0.39 is 9.84 Å². The second-order valence-corrected chi connectivity index (χ2v) is 6.81. The standard InChI is InChI=1S/C13H18N2O2S/c1-8(14)13-9(2)15(3)12-6-5-10(7-11(12)13)18(4,16)17/h5-8H,14H2,1-4H3. The van der Waals surface area contributed by atoms with Gasteiger partial charge in [0.1, 0.15) is 0 Å². The molecule has 0 radical (unpaired) electrons. The second-order valence-electron chi connectivity index (χ2n) is 4.80. The van der Waals surface area contributed by atoms with E-state index in [2.05, 4.69) is 0 Å². The van der Waals surface area contributed by atoms with Crippen molar-refractivity contribution in [3.8, 4) is 0 Å². The van der Waals surface area contributed by atoms with Crippen LogP contribution in [0.15, 0.2) is 23.1 Å². The zero-order valence-electron chi connectivity index (χ0n) is 11.1. The third kappa shape index (κ3) is 1.93. The zero-order valence-corrected chi connectivity index (χ0v) is 11.9. The minimum atomic E-state index is -3.19. The summed E-state index contributed by atoms with van der Waals surface area (Å²) in [5.41, 5.74) is 9.08. The summed E-state index contributed by atoms with van der Waals surface area (Å²) in [6, 6.07) is 5.08. The molecule has 1 atom stereocenters. The van der Waals surface area contributed by atoms with Gasteiger partial charge in [0.15, 0.2) is 9.84 Å². The van der Waals surface area contributed by atoms with Crippen molar-refractivity contribution in [3.63, 3.8) is 0 Å². The Kier molecular flexibility index (Phi) is 2.99. The maximum absolute atomic E-state index is 11.6. The van der Waals surface area contributed by atoms with Crippen LogP contribution in [0.2, 0.25) is 0 Å². The van der Waals surface area contributed by atoms with Crippen molar-refractivity contribution in [3.05, 3.63) is 29.5 Å². The van der Waals surface area contributed by atoms with Crippen LogP contribution in [0.5, 0.6) is 0 Å². The Morgan fingerprint density at radius 3 is 2.44 bits per heavy atom. The quantitative estimate of drug-likeness (QED) is 0.903. The van der Waals surface area contributed by atoms with Crippen LogP contribution in [0.3, 0.4) is 0 Å². The minimum Gasteiger partial charge on any atom is -0.348 e. The number of hydrogen-bond donors (Lipinski definition) is 1. The Morgan fingerprint density at radius 2 is 1.94 bits per heavy atom. The molecule has 0 aliphatic carbocycles. The SMILES string of the molecule is Cc1c(C(C)N)c2cc(S(C)(=O)=O)ccc2n1C. The van der Waals surface area contributed by atoms with Crippen LogP contribution in [0.25, 0.3) is 10.9 Å². The molecule has 2 N–H and O–H groups in total. The van der Waals surface area contributed by atoms with Crippen LogP contribution in [0, 0.1) is 6.92 Å². The summed E-state index contributed by atoms with van der Waals surface area (Å²) in [4.78, 5) is 0.336. The molecule has 0 aliphatic rings. The number of rotatable bonds is 2. The third-order valence-corrected chi connectivity index (χ3v) is 4.51. The molecule has 0 aliphatic heterocycles. The van der Waals surface area contributed by atoms with E-state index in [0.29, 0.717) is 4.90 Å². The molecule has 0 spiro atoms. The van der Waals surface area contributed by atoms with Crippen molar-refractivity contribution in [2.24, 2.45) is 12.8 Å². The fourth-order valence-electron chi connectivity index (χ4n) is 2.39. The lowest BCUT2D eigenvalue weighted by Gasteiger charge is -2.06. The Labute approximate surface area is 107 Å². The van der Waals surface area contributed by atoms with Gasteiger partial charge in [0, 0.05) is 35.9 Å². The van der Waals surface area contributed by atoms with Crippen LogP contribution >= 0.6 is 0 Å². The topological polar surface area (TPSA) is 65.1 Å². The summed E-state index contributed by atoms with van der Waals surface area (Å²) < 4.78 is 25.3. The molecule has 4 nitrogen and oxygen atoms in total. The Morgan fingerprint density at radius 1 is 1.33 bits per heavy atom. The van der Waals surface area contributed by atoms with Gasteiger partial charge in [-0.1, -0.05) is 0 Å². The van der Waals surface area contributed by atoms with E-state index in [0.717, 1.165) is 22.2 Å². The number of nitrogens with zero attached hydrogens (tertiary/aromatic N) is 1. The molecule has 18 heavy (non-hydrogen) atoms. The molecule has 0 fully saturated rings. The molecule has 1 unspecified atom stereocenters. The van der Waals surface area contributed by atoms with Gasteiger partial charge in [-0.05, 0) is 37.6 Å². The van der Waals surface area contributed by atoms with Gasteiger partial charge in [0.05, 0.1) is 4.90 Å². The molecule has 2 rings (SSSR count). The van der Waals surface area contributed by atoms with Crippen LogP contribution in [-0.2, 0) is 16.9 Å². The fourth-order valence-corrected chi connectivity index (χ4v) is 3.03. The summed E-state index contributed by atoms with van der Waals surface area (Å²) in [5, 5.41) is 0.924. The van der Waals surface area contributed by atoms with Gasteiger partial charge in [-0.2, -0.15) is 0 Å². The highest BCUT2D eigenvalue weighted by molar-refractivity contribution is 7.90. The van der Waals surface area contributed by atoms with Crippen LogP contribution in [-0.4, -0.2) is 19.2 Å². The van der Waals surface area contributed by atoms with E-state index in [1.54, 1.807) is 12.1 Å². The number of aromatic nitrogens is 1. The zero-order chi connectivity index (χ0) is 13.7. The summed E-state index contributed by atoms with van der Waals surface area (Å²) in [7, 11) is -1.23. The number of sulfone groups is 1. The van der Waals surface area contributed by atoms with Gasteiger partial charge in [0.2, 0.25) is 0 Å². The van der Waals surface area contributed by atoms with Crippen molar-refractivity contribution in [1.29, 1.82) is 0 Å². The lowest BCUT2D eigenvalue weighted by Crippen LogP contribution is -2.06. The maximum Gasteiger partial charge on any atom is 0.175 e. The van der Waals surface area contributed by atoms with E-state index in [4.69, 9.17) is 5.73 Å². The Bertz CT molecular complexity index is 712. The molecule has 1 aromatic carbocycles. The molecule has 0 amide bonds. The highest BCUT2D eigenvalue weighted by atomic mass is 32.2.